The van der Waals surface area contributed by atoms with E-state index in [0.717, 1.165) is 108 Å². The van der Waals surface area contributed by atoms with Gasteiger partial charge in [-0.05, 0) is 74.5 Å². The van der Waals surface area contributed by atoms with Gasteiger partial charge in [0.25, 0.3) is 0 Å². The van der Waals surface area contributed by atoms with Crippen LogP contribution in [-0.2, 0) is 22.3 Å². The summed E-state index contributed by atoms with van der Waals surface area (Å²) in [5, 5.41) is 3.35. The highest BCUT2D eigenvalue weighted by Gasteiger charge is 2.47. The molecule has 0 aromatic heterocycles. The number of allylic oxidation sites excluding steroid dienone is 3. The number of carbonyl (C=O) groups is 2. The molecule has 5 aliphatic rings. The van der Waals surface area contributed by atoms with Crippen molar-refractivity contribution < 1.29 is 27.5 Å². The van der Waals surface area contributed by atoms with Gasteiger partial charge < -0.3 is 19.9 Å². The molecule has 2 aliphatic carbocycles. The molecule has 3 heterocycles. The summed E-state index contributed by atoms with van der Waals surface area (Å²) in [6.45, 7) is 6.49. The molecule has 1 atom stereocenters. The van der Waals surface area contributed by atoms with E-state index < -0.39 is 17.3 Å². The van der Waals surface area contributed by atoms with Crippen molar-refractivity contribution in [2.45, 2.75) is 82.2 Å². The Balaban J connectivity index is 0.882. The Labute approximate surface area is 264 Å². The molecule has 1 spiro atoms. The summed E-state index contributed by atoms with van der Waals surface area (Å²) < 4.78 is 44.6. The first kappa shape index (κ1) is 32.1. The zero-order valence-corrected chi connectivity index (χ0v) is 26.1. The average molecular weight is 629 g/mol. The number of nitrogens with zero attached hydrogens (tertiary/aromatic N) is 3. The van der Waals surface area contributed by atoms with Crippen molar-refractivity contribution in [2.24, 2.45) is 17.8 Å². The molecule has 0 radical (unpaired) electrons. The van der Waals surface area contributed by atoms with Gasteiger partial charge >= 0.3 is 12.3 Å². The van der Waals surface area contributed by atoms with Crippen LogP contribution < -0.4 is 5.32 Å². The fourth-order valence-electron chi connectivity index (χ4n) is 7.87. The zero-order valence-electron chi connectivity index (χ0n) is 26.1. The molecule has 2 amide bonds. The molecule has 1 aromatic carbocycles. The summed E-state index contributed by atoms with van der Waals surface area (Å²) in [6.07, 6.45) is 12.4. The van der Waals surface area contributed by atoms with Crippen LogP contribution in [0.4, 0.5) is 18.0 Å². The highest BCUT2D eigenvalue weighted by molar-refractivity contribution is 5.79. The number of halogens is 3. The second-order valence-electron chi connectivity index (χ2n) is 14.0. The van der Waals surface area contributed by atoms with E-state index >= 15 is 0 Å². The summed E-state index contributed by atoms with van der Waals surface area (Å²) >= 11 is 0. The quantitative estimate of drug-likeness (QED) is 0.382. The van der Waals surface area contributed by atoms with Crippen LogP contribution in [0.3, 0.4) is 0 Å². The second-order valence-corrected chi connectivity index (χ2v) is 14.0. The lowest BCUT2D eigenvalue weighted by Crippen LogP contribution is -2.48. The molecule has 1 saturated carbocycles. The van der Waals surface area contributed by atoms with Crippen molar-refractivity contribution >= 4 is 12.0 Å². The first-order valence-corrected chi connectivity index (χ1v) is 16.9. The molecule has 45 heavy (non-hydrogen) atoms. The van der Waals surface area contributed by atoms with Crippen molar-refractivity contribution in [3.63, 3.8) is 0 Å². The van der Waals surface area contributed by atoms with E-state index in [0.29, 0.717) is 31.5 Å². The standard InChI is InChI=1S/C35H47F3N4O3/c36-35(37,38)30-12-8-27(9-13-30)23-41-20-16-34(17-21-41)25-42(33(44)45-34)24-28-6-10-29(11-7-28)32(43)39-31-14-18-40(19-15-31)22-26-4-2-1-3-5-26/h1-4,8-9,12-13,26,28-29,31H,5-7,10-11,14-25H2,(H,39,43)/t26?,28-,29-. The number of alkyl halides is 3. The minimum Gasteiger partial charge on any atom is -0.441 e. The molecule has 246 valence electrons. The predicted molar refractivity (Wildman–Crippen MR) is 166 cm³/mol. The SMILES string of the molecule is O=C1OC2(CCN(Cc3ccc(C(F)(F)F)cc3)CC2)CN1C[C@H]1CC[C@H](C(=O)NC2CCN(CC3C=CC=CC3)CC2)CC1. The third-order valence-corrected chi connectivity index (χ3v) is 10.7. The second kappa shape index (κ2) is 13.9. The number of hydrogen-bond acceptors (Lipinski definition) is 5. The number of amides is 2. The maximum absolute atomic E-state index is 13.1. The van der Waals surface area contributed by atoms with Crippen LogP contribution in [0.2, 0.25) is 0 Å². The molecule has 1 aromatic rings. The van der Waals surface area contributed by atoms with Gasteiger partial charge in [-0.15, -0.1) is 0 Å². The molecule has 6 rings (SSSR count). The van der Waals surface area contributed by atoms with Crippen LogP contribution in [0.25, 0.3) is 0 Å². The Morgan fingerprint density at radius 1 is 0.911 bits per heavy atom. The Morgan fingerprint density at radius 3 is 2.27 bits per heavy atom. The first-order valence-electron chi connectivity index (χ1n) is 16.9. The molecule has 1 unspecified atom stereocenters. The topological polar surface area (TPSA) is 65.1 Å². The summed E-state index contributed by atoms with van der Waals surface area (Å²) in [5.74, 6) is 1.24. The van der Waals surface area contributed by atoms with E-state index in [2.05, 4.69) is 39.4 Å². The van der Waals surface area contributed by atoms with Crippen LogP contribution >= 0.6 is 0 Å². The predicted octanol–water partition coefficient (Wildman–Crippen LogP) is 6.01. The monoisotopic (exact) mass is 628 g/mol. The number of ether oxygens (including phenoxy) is 1. The highest BCUT2D eigenvalue weighted by Crippen LogP contribution is 2.37. The highest BCUT2D eigenvalue weighted by atomic mass is 19.4. The number of hydrogen-bond donors (Lipinski definition) is 1. The minimum atomic E-state index is -4.33. The van der Waals surface area contributed by atoms with Crippen LogP contribution in [-0.4, -0.2) is 84.2 Å². The van der Waals surface area contributed by atoms with Crippen molar-refractivity contribution in [3.8, 4) is 0 Å². The van der Waals surface area contributed by atoms with Gasteiger partial charge in [0.2, 0.25) is 5.91 Å². The molecule has 1 N–H and O–H groups in total. The van der Waals surface area contributed by atoms with Crippen molar-refractivity contribution in [3.05, 3.63) is 59.7 Å². The lowest BCUT2D eigenvalue weighted by Gasteiger charge is -2.37. The van der Waals surface area contributed by atoms with Crippen LogP contribution in [0.1, 0.15) is 68.9 Å². The van der Waals surface area contributed by atoms with Gasteiger partial charge in [-0.2, -0.15) is 13.2 Å². The summed E-state index contributed by atoms with van der Waals surface area (Å²) in [5.41, 5.74) is -0.268. The molecule has 3 aliphatic heterocycles. The number of rotatable bonds is 8. The largest absolute Gasteiger partial charge is 0.441 e. The van der Waals surface area contributed by atoms with Crippen molar-refractivity contribution in [1.82, 2.24) is 20.0 Å². The molecule has 10 heteroatoms. The maximum atomic E-state index is 13.1. The Hall–Kier alpha value is -2.85. The maximum Gasteiger partial charge on any atom is 0.416 e. The number of carbonyl (C=O) groups excluding carboxylic acids is 2. The van der Waals surface area contributed by atoms with E-state index in [1.807, 2.05) is 4.90 Å². The molecule has 4 fully saturated rings. The van der Waals surface area contributed by atoms with Gasteiger partial charge in [0.1, 0.15) is 5.60 Å². The normalized spacial score (nSPS) is 28.0. The molecule has 3 saturated heterocycles. The smallest absolute Gasteiger partial charge is 0.416 e. The Bertz CT molecular complexity index is 1230. The van der Waals surface area contributed by atoms with Crippen LogP contribution in [0.5, 0.6) is 0 Å². The van der Waals surface area contributed by atoms with Gasteiger partial charge in [0.05, 0.1) is 12.1 Å². The number of nitrogens with one attached hydrogen (secondary N) is 1. The first-order chi connectivity index (χ1) is 21.6. The summed E-state index contributed by atoms with van der Waals surface area (Å²) in [6, 6.07) is 5.62. The average Bonchev–Trinajstić information content (AvgIpc) is 3.33. The van der Waals surface area contributed by atoms with Crippen LogP contribution in [0.15, 0.2) is 48.6 Å². The summed E-state index contributed by atoms with van der Waals surface area (Å²) in [7, 11) is 0. The van der Waals surface area contributed by atoms with E-state index in [1.54, 1.807) is 12.1 Å². The van der Waals surface area contributed by atoms with Gasteiger partial charge in [-0.1, -0.05) is 36.4 Å². The Kier molecular flexibility index (Phi) is 9.90. The molecule has 7 nitrogen and oxygen atoms in total. The van der Waals surface area contributed by atoms with Crippen molar-refractivity contribution in [1.29, 1.82) is 0 Å². The van der Waals surface area contributed by atoms with E-state index in [1.165, 1.54) is 0 Å². The van der Waals surface area contributed by atoms with E-state index in [4.69, 9.17) is 4.74 Å². The van der Waals surface area contributed by atoms with Gasteiger partial charge in [0.15, 0.2) is 0 Å². The third-order valence-electron chi connectivity index (χ3n) is 10.7. The fourth-order valence-corrected chi connectivity index (χ4v) is 7.87. The molecular weight excluding hydrogens is 581 g/mol. The van der Waals surface area contributed by atoms with Gasteiger partial charge in [-0.3, -0.25) is 9.69 Å². The lowest BCUT2D eigenvalue weighted by atomic mass is 9.81. The summed E-state index contributed by atoms with van der Waals surface area (Å²) in [4.78, 5) is 32.6. The fraction of sp³-hybridized carbons (Fsp3) is 0.657. The van der Waals surface area contributed by atoms with Gasteiger partial charge in [0, 0.05) is 70.6 Å². The minimum absolute atomic E-state index is 0.0595. The van der Waals surface area contributed by atoms with Crippen molar-refractivity contribution in [2.75, 3.05) is 45.8 Å². The number of benzene rings is 1. The molecule has 0 bridgehead atoms. The number of likely N-dealkylation sites (tertiary alicyclic amines) is 2. The third kappa shape index (κ3) is 8.30. The number of piperidine rings is 2. The Morgan fingerprint density at radius 2 is 1.62 bits per heavy atom. The van der Waals surface area contributed by atoms with Gasteiger partial charge in [-0.25, -0.2) is 4.79 Å². The van der Waals surface area contributed by atoms with E-state index in [-0.39, 0.29) is 24.0 Å². The molecular formula is C35H47F3N4O3. The lowest BCUT2D eigenvalue weighted by molar-refractivity contribution is -0.137. The van der Waals surface area contributed by atoms with Crippen LogP contribution in [0, 0.1) is 17.8 Å². The zero-order chi connectivity index (χ0) is 31.4. The van der Waals surface area contributed by atoms with E-state index in [9.17, 15) is 22.8 Å².